The number of allylic oxidation sites excluding steroid dienone is 1. The summed E-state index contributed by atoms with van der Waals surface area (Å²) in [6, 6.07) is 10.3. The number of fused-ring (bicyclic) bond motifs is 2. The quantitative estimate of drug-likeness (QED) is 0.128. The van der Waals surface area contributed by atoms with Crippen LogP contribution in [0, 0.1) is 0 Å². The molecule has 1 aliphatic rings. The molecule has 0 fully saturated rings. The van der Waals surface area contributed by atoms with Gasteiger partial charge in [-0.2, -0.15) is 27.1 Å². The minimum atomic E-state index is -5.68. The van der Waals surface area contributed by atoms with Gasteiger partial charge in [0, 0.05) is 19.6 Å². The summed E-state index contributed by atoms with van der Waals surface area (Å²) in [4.78, 5) is 14.8. The first kappa shape index (κ1) is 26.0. The molecule has 36 heavy (non-hydrogen) atoms. The van der Waals surface area contributed by atoms with E-state index in [-0.39, 0.29) is 5.75 Å². The first-order chi connectivity index (χ1) is 17.2. The molecule has 0 spiro atoms. The zero-order valence-corrected chi connectivity index (χ0v) is 20.2. The maximum atomic E-state index is 12.6. The van der Waals surface area contributed by atoms with Crippen molar-refractivity contribution in [2.75, 3.05) is 19.6 Å². The zero-order chi connectivity index (χ0) is 25.6. The average Bonchev–Trinajstić information content (AvgIpc) is 3.30. The Bertz CT molecular complexity index is 1310. The normalized spacial score (nSPS) is 14.9. The number of unbranched alkanes of at least 4 members (excludes halogenated alkanes) is 1. The van der Waals surface area contributed by atoms with E-state index in [9.17, 15) is 21.6 Å². The highest BCUT2D eigenvalue weighted by atomic mass is 32.2. The van der Waals surface area contributed by atoms with Crippen LogP contribution in [0.25, 0.3) is 11.0 Å². The number of rotatable bonds is 11. The van der Waals surface area contributed by atoms with Crippen molar-refractivity contribution in [1.82, 2.24) is 20.3 Å². The number of aromatic amines is 1. The van der Waals surface area contributed by atoms with Gasteiger partial charge >= 0.3 is 15.6 Å². The van der Waals surface area contributed by atoms with E-state index < -0.39 is 15.6 Å². The van der Waals surface area contributed by atoms with Gasteiger partial charge in [-0.15, -0.1) is 0 Å². The molecule has 8 nitrogen and oxygen atoms in total. The number of imidazole rings is 1. The number of halogens is 3. The van der Waals surface area contributed by atoms with Crippen LogP contribution in [-0.2, 0) is 34.3 Å². The van der Waals surface area contributed by atoms with E-state index in [0.717, 1.165) is 66.5 Å². The molecule has 194 valence electrons. The topological polar surface area (TPSA) is 96.6 Å². The highest BCUT2D eigenvalue weighted by molar-refractivity contribution is 7.88. The third-order valence-electron chi connectivity index (χ3n) is 5.85. The fraction of sp³-hybridized carbons (Fsp3) is 0.375. The van der Waals surface area contributed by atoms with Crippen LogP contribution in [0.4, 0.5) is 13.2 Å². The molecular formula is C24H27F3N4O4S. The molecule has 12 heteroatoms. The molecule has 0 saturated carbocycles. The number of hydrogen-bond donors (Lipinski definition) is 2. The Kier molecular flexibility index (Phi) is 8.17. The summed E-state index contributed by atoms with van der Waals surface area (Å²) < 4.78 is 64.5. The second-order valence-electron chi connectivity index (χ2n) is 8.49. The van der Waals surface area contributed by atoms with Crippen molar-refractivity contribution in [3.8, 4) is 5.75 Å². The van der Waals surface area contributed by atoms with Gasteiger partial charge < -0.3 is 14.0 Å². The number of nitrogens with zero attached hydrogens (tertiary/aromatic N) is 2. The summed E-state index contributed by atoms with van der Waals surface area (Å²) in [6.07, 6.45) is 8.47. The molecule has 0 amide bonds. The number of alkyl halides is 3. The van der Waals surface area contributed by atoms with Crippen LogP contribution in [0.3, 0.4) is 0 Å². The van der Waals surface area contributed by atoms with Gasteiger partial charge in [0.15, 0.2) is 0 Å². The van der Waals surface area contributed by atoms with E-state index in [1.54, 1.807) is 18.7 Å². The van der Waals surface area contributed by atoms with Gasteiger partial charge in [-0.3, -0.25) is 4.90 Å². The molecule has 0 atom stereocenters. The predicted molar refractivity (Wildman–Crippen MR) is 128 cm³/mol. The monoisotopic (exact) mass is 524 g/mol. The molecule has 0 unspecified atom stereocenters. The van der Waals surface area contributed by atoms with Crippen LogP contribution in [0.15, 0.2) is 55.1 Å². The first-order valence-electron chi connectivity index (χ1n) is 11.5. The van der Waals surface area contributed by atoms with Crippen LogP contribution in [0.2, 0.25) is 0 Å². The predicted octanol–water partition coefficient (Wildman–Crippen LogP) is 4.21. The molecule has 0 bridgehead atoms. The highest BCUT2D eigenvalue weighted by Crippen LogP contribution is 2.29. The fourth-order valence-electron chi connectivity index (χ4n) is 3.99. The standard InChI is InChI=1S/C24H27F3N4O4S/c25-24(26,27)36(32,33)35-21-7-6-19-9-12-31(16-20(19)15-21)11-2-1-10-30-34-13-3-4-18-5-8-22-23(14-18)29-17-28-22/h3,5-8,13-15,17,30H,1-2,4,9-12,16H2,(H,28,29). The van der Waals surface area contributed by atoms with E-state index in [1.807, 2.05) is 18.2 Å². The first-order valence-corrected chi connectivity index (χ1v) is 12.9. The molecule has 0 aliphatic carbocycles. The third-order valence-corrected chi connectivity index (χ3v) is 6.83. The molecule has 0 saturated heterocycles. The summed E-state index contributed by atoms with van der Waals surface area (Å²) in [5.74, 6) is -0.329. The summed E-state index contributed by atoms with van der Waals surface area (Å²) in [6.45, 7) is 2.82. The van der Waals surface area contributed by atoms with E-state index in [2.05, 4.69) is 30.6 Å². The Labute approximate surface area is 207 Å². The van der Waals surface area contributed by atoms with E-state index in [4.69, 9.17) is 4.84 Å². The lowest BCUT2D eigenvalue weighted by atomic mass is 9.99. The van der Waals surface area contributed by atoms with Gasteiger partial charge in [0.2, 0.25) is 0 Å². The number of aromatic nitrogens is 2. The van der Waals surface area contributed by atoms with Crippen LogP contribution >= 0.6 is 0 Å². The van der Waals surface area contributed by atoms with Crippen molar-refractivity contribution >= 4 is 21.2 Å². The molecule has 0 radical (unpaired) electrons. The highest BCUT2D eigenvalue weighted by Gasteiger charge is 2.48. The summed E-state index contributed by atoms with van der Waals surface area (Å²) >= 11 is 0. The molecular weight excluding hydrogens is 497 g/mol. The number of hydroxylamine groups is 1. The van der Waals surface area contributed by atoms with Crippen molar-refractivity contribution in [2.24, 2.45) is 0 Å². The largest absolute Gasteiger partial charge is 0.534 e. The Morgan fingerprint density at radius 3 is 2.83 bits per heavy atom. The lowest BCUT2D eigenvalue weighted by Crippen LogP contribution is -2.32. The Balaban J connectivity index is 1.13. The van der Waals surface area contributed by atoms with Crippen molar-refractivity contribution in [2.45, 2.75) is 37.7 Å². The van der Waals surface area contributed by atoms with Crippen molar-refractivity contribution in [3.63, 3.8) is 0 Å². The number of H-pyrrole nitrogens is 1. The van der Waals surface area contributed by atoms with Crippen molar-refractivity contribution < 1.29 is 30.6 Å². The number of hydrogen-bond acceptors (Lipinski definition) is 7. The van der Waals surface area contributed by atoms with Gasteiger partial charge in [-0.25, -0.2) is 4.98 Å². The molecule has 2 aromatic carbocycles. The van der Waals surface area contributed by atoms with Crippen molar-refractivity contribution in [1.29, 1.82) is 0 Å². The Hall–Kier alpha value is -3.09. The maximum Gasteiger partial charge on any atom is 0.534 e. The minimum Gasteiger partial charge on any atom is -0.417 e. The lowest BCUT2D eigenvalue weighted by molar-refractivity contribution is -0.0500. The van der Waals surface area contributed by atoms with Crippen LogP contribution in [0.5, 0.6) is 5.75 Å². The third kappa shape index (κ3) is 6.77. The molecule has 1 aromatic heterocycles. The molecule has 2 heterocycles. The summed E-state index contributed by atoms with van der Waals surface area (Å²) in [5, 5.41) is 0. The minimum absolute atomic E-state index is 0.329. The van der Waals surface area contributed by atoms with Gasteiger partial charge in [-0.1, -0.05) is 12.1 Å². The fourth-order valence-corrected chi connectivity index (χ4v) is 4.44. The lowest BCUT2D eigenvalue weighted by Gasteiger charge is -2.29. The second kappa shape index (κ2) is 11.3. The Morgan fingerprint density at radius 2 is 2.00 bits per heavy atom. The molecule has 3 aromatic rings. The van der Waals surface area contributed by atoms with E-state index >= 15 is 0 Å². The second-order valence-corrected chi connectivity index (χ2v) is 10.0. The van der Waals surface area contributed by atoms with E-state index in [0.29, 0.717) is 13.1 Å². The summed E-state index contributed by atoms with van der Waals surface area (Å²) in [7, 11) is -5.68. The van der Waals surface area contributed by atoms with E-state index in [1.165, 1.54) is 12.1 Å². The maximum absolute atomic E-state index is 12.6. The Morgan fingerprint density at radius 1 is 1.14 bits per heavy atom. The summed E-state index contributed by atoms with van der Waals surface area (Å²) in [5.41, 5.74) is 2.28. The van der Waals surface area contributed by atoms with Gasteiger partial charge in [0.1, 0.15) is 12.0 Å². The van der Waals surface area contributed by atoms with Crippen LogP contribution < -0.4 is 9.66 Å². The molecule has 4 rings (SSSR count). The zero-order valence-electron chi connectivity index (χ0n) is 19.4. The van der Waals surface area contributed by atoms with Gasteiger partial charge in [0.25, 0.3) is 0 Å². The van der Waals surface area contributed by atoms with Crippen LogP contribution in [-0.4, -0.2) is 48.4 Å². The van der Waals surface area contributed by atoms with Gasteiger partial charge in [-0.05, 0) is 79.3 Å². The number of nitrogens with one attached hydrogen (secondary N) is 2. The molecule has 2 N–H and O–H groups in total. The van der Waals surface area contributed by atoms with Crippen LogP contribution in [0.1, 0.15) is 29.5 Å². The SMILES string of the molecule is O=S(=O)(Oc1ccc2c(c1)CN(CCCCNOC=CCc1ccc3nc[nH]c3c1)CC2)C(F)(F)F. The number of benzene rings is 2. The van der Waals surface area contributed by atoms with Gasteiger partial charge in [0.05, 0.1) is 17.4 Å². The average molecular weight is 525 g/mol. The smallest absolute Gasteiger partial charge is 0.417 e. The molecule has 1 aliphatic heterocycles. The van der Waals surface area contributed by atoms with Crippen molar-refractivity contribution in [3.05, 3.63) is 71.8 Å².